The molecule has 0 N–H and O–H groups in total. The summed E-state index contributed by atoms with van der Waals surface area (Å²) in [5, 5.41) is 4.10. The fourth-order valence-corrected chi connectivity index (χ4v) is 1.57. The van der Waals surface area contributed by atoms with Crippen molar-refractivity contribution in [2.45, 2.75) is 32.1 Å². The lowest BCUT2D eigenvalue weighted by Crippen LogP contribution is -2.20. The Balaban J connectivity index is 1.60. The second-order valence-electron chi connectivity index (χ2n) is 3.86. The highest BCUT2D eigenvalue weighted by Gasteiger charge is 2.15. The molecule has 0 aromatic carbocycles. The third kappa shape index (κ3) is 2.69. The lowest BCUT2D eigenvalue weighted by atomic mass is 9.98. The second kappa shape index (κ2) is 4.61. The van der Waals surface area contributed by atoms with Crippen molar-refractivity contribution in [2.24, 2.45) is 11.1 Å². The third-order valence-electron chi connectivity index (χ3n) is 2.78. The average Bonchev–Trinajstić information content (AvgIpc) is 2.11. The quantitative estimate of drug-likeness (QED) is 0.626. The molecule has 1 aliphatic carbocycles. The van der Waals surface area contributed by atoms with E-state index in [1.165, 1.54) is 12.1 Å². The Kier molecular flexibility index (Phi) is 3.19. The van der Waals surface area contributed by atoms with Crippen LogP contribution in [0.2, 0.25) is 0 Å². The molecule has 0 radical (unpaired) electrons. The van der Waals surface area contributed by atoms with Crippen molar-refractivity contribution in [1.82, 2.24) is 0 Å². The number of rotatable bonds is 3. The maximum Gasteiger partial charge on any atom is 0.120 e. The number of hydrogen-bond donors (Lipinski definition) is 0. The van der Waals surface area contributed by atoms with Gasteiger partial charge in [0, 0.05) is 19.1 Å². The van der Waals surface area contributed by atoms with E-state index in [9.17, 15) is 0 Å². The zero-order valence-corrected chi connectivity index (χ0v) is 8.00. The van der Waals surface area contributed by atoms with Gasteiger partial charge in [-0.3, -0.25) is 0 Å². The molecule has 0 aromatic rings. The van der Waals surface area contributed by atoms with E-state index in [-0.39, 0.29) is 0 Å². The van der Waals surface area contributed by atoms with Crippen LogP contribution in [0.1, 0.15) is 32.1 Å². The second-order valence-corrected chi connectivity index (χ2v) is 3.86. The van der Waals surface area contributed by atoms with Gasteiger partial charge in [0.05, 0.1) is 5.71 Å². The van der Waals surface area contributed by atoms with Gasteiger partial charge in [-0.15, -0.1) is 0 Å². The molecule has 74 valence electrons. The third-order valence-corrected chi connectivity index (χ3v) is 2.78. The molecule has 2 aliphatic rings. The van der Waals surface area contributed by atoms with Crippen LogP contribution in [0, 0.1) is 5.92 Å². The maximum absolute atomic E-state index is 5.31. The van der Waals surface area contributed by atoms with Gasteiger partial charge in [-0.25, -0.2) is 0 Å². The highest BCUT2D eigenvalue weighted by molar-refractivity contribution is 5.88. The Labute approximate surface area is 79.1 Å². The fourth-order valence-electron chi connectivity index (χ4n) is 1.57. The van der Waals surface area contributed by atoms with E-state index in [4.69, 9.17) is 9.57 Å². The van der Waals surface area contributed by atoms with E-state index >= 15 is 0 Å². The molecule has 2 rings (SSSR count). The minimum Gasteiger partial charge on any atom is -0.396 e. The summed E-state index contributed by atoms with van der Waals surface area (Å²) in [7, 11) is 0. The normalized spacial score (nSPS) is 23.8. The predicted octanol–water partition coefficient (Wildman–Crippen LogP) is 1.97. The van der Waals surface area contributed by atoms with Gasteiger partial charge in [0.2, 0.25) is 0 Å². The van der Waals surface area contributed by atoms with Crippen LogP contribution in [0.5, 0.6) is 0 Å². The first-order valence-corrected chi connectivity index (χ1v) is 5.20. The Hall–Kier alpha value is -0.570. The molecule has 0 unspecified atom stereocenters. The lowest BCUT2D eigenvalue weighted by molar-refractivity contribution is 0.0218. The summed E-state index contributed by atoms with van der Waals surface area (Å²) in [6.45, 7) is 2.57. The molecule has 1 heterocycles. The minimum atomic E-state index is 0.665. The molecule has 2 fully saturated rings. The van der Waals surface area contributed by atoms with Gasteiger partial charge < -0.3 is 9.57 Å². The first-order valence-electron chi connectivity index (χ1n) is 5.20. The molecule has 0 spiro atoms. The fraction of sp³-hybridized carbons (Fsp3) is 0.900. The van der Waals surface area contributed by atoms with Gasteiger partial charge in [0.25, 0.3) is 0 Å². The first kappa shape index (κ1) is 9.00. The molecule has 0 amide bonds. The molecule has 0 bridgehead atoms. The van der Waals surface area contributed by atoms with Crippen LogP contribution in [0.4, 0.5) is 0 Å². The highest BCUT2D eigenvalue weighted by atomic mass is 16.6. The van der Waals surface area contributed by atoms with E-state index in [1.54, 1.807) is 0 Å². The molecular weight excluding hydrogens is 166 g/mol. The van der Waals surface area contributed by atoms with Crippen LogP contribution in [-0.4, -0.2) is 25.5 Å². The average molecular weight is 183 g/mol. The summed E-state index contributed by atoms with van der Waals surface area (Å²) >= 11 is 0. The van der Waals surface area contributed by atoms with E-state index in [0.717, 1.165) is 45.5 Å². The van der Waals surface area contributed by atoms with Crippen LogP contribution >= 0.6 is 0 Å². The van der Waals surface area contributed by atoms with E-state index in [2.05, 4.69) is 5.16 Å². The van der Waals surface area contributed by atoms with Crippen LogP contribution in [-0.2, 0) is 9.57 Å². The number of hydrogen-bond acceptors (Lipinski definition) is 3. The van der Waals surface area contributed by atoms with Crippen molar-refractivity contribution in [1.29, 1.82) is 0 Å². The molecule has 13 heavy (non-hydrogen) atoms. The Morgan fingerprint density at radius 1 is 1.31 bits per heavy atom. The van der Waals surface area contributed by atoms with Gasteiger partial charge in [0.15, 0.2) is 0 Å². The van der Waals surface area contributed by atoms with Crippen LogP contribution < -0.4 is 0 Å². The smallest absolute Gasteiger partial charge is 0.120 e. The summed E-state index contributed by atoms with van der Waals surface area (Å²) in [5.74, 6) is 0.665. The van der Waals surface area contributed by atoms with Crippen molar-refractivity contribution in [3.8, 4) is 0 Å². The predicted molar refractivity (Wildman–Crippen MR) is 50.8 cm³/mol. The minimum absolute atomic E-state index is 0.665. The van der Waals surface area contributed by atoms with Crippen molar-refractivity contribution in [3.05, 3.63) is 0 Å². The molecular formula is C10H17NO2. The van der Waals surface area contributed by atoms with Gasteiger partial charge in [0.1, 0.15) is 6.61 Å². The SMILES string of the molecule is C1CC(=NOCC2CCOCC2)C1. The van der Waals surface area contributed by atoms with Crippen molar-refractivity contribution in [3.63, 3.8) is 0 Å². The monoisotopic (exact) mass is 183 g/mol. The molecule has 1 saturated heterocycles. The molecule has 3 nitrogen and oxygen atoms in total. The molecule has 1 aliphatic heterocycles. The molecule has 0 aromatic heterocycles. The molecule has 1 saturated carbocycles. The zero-order chi connectivity index (χ0) is 8.93. The van der Waals surface area contributed by atoms with Crippen molar-refractivity contribution in [2.75, 3.05) is 19.8 Å². The molecule has 0 atom stereocenters. The summed E-state index contributed by atoms with van der Waals surface area (Å²) in [6, 6.07) is 0. The molecule has 3 heteroatoms. The summed E-state index contributed by atoms with van der Waals surface area (Å²) < 4.78 is 5.27. The summed E-state index contributed by atoms with van der Waals surface area (Å²) in [6.07, 6.45) is 5.84. The Morgan fingerprint density at radius 3 is 2.69 bits per heavy atom. The number of ether oxygens (including phenoxy) is 1. The van der Waals surface area contributed by atoms with E-state index < -0.39 is 0 Å². The largest absolute Gasteiger partial charge is 0.396 e. The maximum atomic E-state index is 5.31. The standard InChI is InChI=1S/C10H17NO2/c1-2-10(3-1)11-13-8-9-4-6-12-7-5-9/h9H,1-8H2. The van der Waals surface area contributed by atoms with Crippen molar-refractivity contribution < 1.29 is 9.57 Å². The first-order chi connectivity index (χ1) is 6.45. The van der Waals surface area contributed by atoms with Gasteiger partial charge >= 0.3 is 0 Å². The van der Waals surface area contributed by atoms with Gasteiger partial charge in [-0.1, -0.05) is 5.16 Å². The van der Waals surface area contributed by atoms with Crippen LogP contribution in [0.25, 0.3) is 0 Å². The van der Waals surface area contributed by atoms with E-state index in [0.29, 0.717) is 5.92 Å². The van der Waals surface area contributed by atoms with Gasteiger partial charge in [-0.2, -0.15) is 0 Å². The highest BCUT2D eigenvalue weighted by Crippen LogP contribution is 2.17. The van der Waals surface area contributed by atoms with Crippen LogP contribution in [0.15, 0.2) is 5.16 Å². The lowest BCUT2D eigenvalue weighted by Gasteiger charge is -2.21. The van der Waals surface area contributed by atoms with E-state index in [1.807, 2.05) is 0 Å². The summed E-state index contributed by atoms with van der Waals surface area (Å²) in [5.41, 5.74) is 1.24. The number of nitrogens with zero attached hydrogens (tertiary/aromatic N) is 1. The van der Waals surface area contributed by atoms with Gasteiger partial charge in [-0.05, 0) is 32.1 Å². The van der Waals surface area contributed by atoms with Crippen molar-refractivity contribution >= 4 is 5.71 Å². The zero-order valence-electron chi connectivity index (χ0n) is 8.00. The number of oxime groups is 1. The van der Waals surface area contributed by atoms with Crippen LogP contribution in [0.3, 0.4) is 0 Å². The Morgan fingerprint density at radius 2 is 2.08 bits per heavy atom. The summed E-state index contributed by atoms with van der Waals surface area (Å²) in [4.78, 5) is 5.31. The Bertz CT molecular complexity index is 179. The topological polar surface area (TPSA) is 30.8 Å².